The number of thioether (sulfide) groups is 1. The van der Waals surface area contributed by atoms with E-state index >= 15 is 4.39 Å². The van der Waals surface area contributed by atoms with Crippen LogP contribution in [0.2, 0.25) is 0 Å². The van der Waals surface area contributed by atoms with Crippen molar-refractivity contribution < 1.29 is 27.3 Å². The third-order valence-electron chi connectivity index (χ3n) is 4.76. The highest BCUT2D eigenvalue weighted by Crippen LogP contribution is 2.60. The van der Waals surface area contributed by atoms with E-state index in [1.54, 1.807) is 30.3 Å². The van der Waals surface area contributed by atoms with Gasteiger partial charge in [-0.1, -0.05) is 18.2 Å². The number of benzene rings is 1. The summed E-state index contributed by atoms with van der Waals surface area (Å²) < 4.78 is 44.2. The predicted molar refractivity (Wildman–Crippen MR) is 113 cm³/mol. The molecule has 0 saturated carbocycles. The Hall–Kier alpha value is -2.55. The van der Waals surface area contributed by atoms with E-state index in [9.17, 15) is 14.2 Å². The van der Waals surface area contributed by atoms with Gasteiger partial charge in [0.1, 0.15) is 17.3 Å². The number of hydrogen-bond donors (Lipinski definition) is 1. The maximum absolute atomic E-state index is 15.2. The molecule has 13 heteroatoms. The van der Waals surface area contributed by atoms with Crippen LogP contribution in [0.3, 0.4) is 0 Å². The number of aromatic nitrogens is 2. The van der Waals surface area contributed by atoms with Gasteiger partial charge in [0, 0.05) is 11.8 Å². The zero-order valence-electron chi connectivity index (χ0n) is 16.5. The van der Waals surface area contributed by atoms with Gasteiger partial charge in [-0.05, 0) is 18.2 Å². The average Bonchev–Trinajstić information content (AvgIpc) is 3.10. The molecule has 0 spiro atoms. The van der Waals surface area contributed by atoms with Crippen LogP contribution >= 0.6 is 19.6 Å². The van der Waals surface area contributed by atoms with Crippen LogP contribution in [0.5, 0.6) is 0 Å². The van der Waals surface area contributed by atoms with Gasteiger partial charge in [-0.25, -0.2) is 13.8 Å². The molecule has 32 heavy (non-hydrogen) atoms. The molecule has 3 unspecified atom stereocenters. The number of carbonyl (C=O) groups excluding carboxylic acids is 1. The van der Waals surface area contributed by atoms with Crippen molar-refractivity contribution in [2.75, 3.05) is 18.5 Å². The number of nitrogens with zero attached hydrogens (tertiary/aromatic N) is 3. The molecule has 2 aliphatic rings. The summed E-state index contributed by atoms with van der Waals surface area (Å²) >= 11 is 1.10. The molecule has 0 bridgehead atoms. The minimum Gasteiger partial charge on any atom is -0.306 e. The van der Waals surface area contributed by atoms with Crippen LogP contribution in [0, 0.1) is 11.3 Å². The van der Waals surface area contributed by atoms with Crippen molar-refractivity contribution in [3.8, 4) is 6.07 Å². The first-order valence-electron chi connectivity index (χ1n) is 9.60. The number of carbonyl (C=O) groups is 1. The highest BCUT2D eigenvalue weighted by Gasteiger charge is 2.54. The van der Waals surface area contributed by atoms with Crippen LogP contribution in [0.1, 0.15) is 22.2 Å². The SMILES string of the molecule is N#CCCOP1(=O)OCC2SC(n3ccc(NC(=O)c4ccccc4)nc3=O)[C@@H](F)[C@@H]2O1. The summed E-state index contributed by atoms with van der Waals surface area (Å²) in [6.07, 6.45) is -1.49. The minimum absolute atomic E-state index is 0.0184. The molecule has 5 atom stereocenters. The summed E-state index contributed by atoms with van der Waals surface area (Å²) in [4.78, 5) is 28.6. The third kappa shape index (κ3) is 4.77. The molecule has 1 aromatic carbocycles. The van der Waals surface area contributed by atoms with Gasteiger partial charge in [-0.15, -0.1) is 11.8 Å². The second kappa shape index (κ2) is 9.52. The van der Waals surface area contributed by atoms with Crippen LogP contribution in [-0.2, 0) is 18.1 Å². The third-order valence-corrected chi connectivity index (χ3v) is 7.75. The predicted octanol–water partition coefficient (Wildman–Crippen LogP) is 2.90. The molecular formula is C19H18FN4O6PS. The fraction of sp³-hybridized carbons (Fsp3) is 0.368. The fourth-order valence-corrected chi connectivity index (χ4v) is 6.31. The van der Waals surface area contributed by atoms with Gasteiger partial charge >= 0.3 is 13.5 Å². The number of alkyl halides is 1. The van der Waals surface area contributed by atoms with Gasteiger partial charge < -0.3 is 5.32 Å². The summed E-state index contributed by atoms with van der Waals surface area (Å²) in [5, 5.41) is 9.59. The van der Waals surface area contributed by atoms with Gasteiger partial charge in [0.2, 0.25) is 0 Å². The maximum Gasteiger partial charge on any atom is 0.475 e. The summed E-state index contributed by atoms with van der Waals surface area (Å²) in [5.41, 5.74) is -0.361. The number of phosphoric acid groups is 1. The largest absolute Gasteiger partial charge is 0.475 e. The molecular weight excluding hydrogens is 462 g/mol. The number of hydrogen-bond acceptors (Lipinski definition) is 9. The van der Waals surface area contributed by atoms with Crippen LogP contribution < -0.4 is 11.0 Å². The van der Waals surface area contributed by atoms with Crippen molar-refractivity contribution >= 4 is 31.3 Å². The second-order valence-electron chi connectivity index (χ2n) is 6.89. The lowest BCUT2D eigenvalue weighted by Gasteiger charge is -2.30. The molecule has 0 aliphatic carbocycles. The second-order valence-corrected chi connectivity index (χ2v) is 9.87. The molecule has 1 N–H and O–H groups in total. The number of phosphoric ester groups is 1. The summed E-state index contributed by atoms with van der Waals surface area (Å²) in [5.74, 6) is -0.400. The van der Waals surface area contributed by atoms with Crippen molar-refractivity contribution in [1.82, 2.24) is 9.55 Å². The van der Waals surface area contributed by atoms with Crippen molar-refractivity contribution in [2.24, 2.45) is 0 Å². The zero-order chi connectivity index (χ0) is 22.7. The van der Waals surface area contributed by atoms with E-state index in [-0.39, 0.29) is 25.5 Å². The summed E-state index contributed by atoms with van der Waals surface area (Å²) in [6.45, 7) is -0.262. The van der Waals surface area contributed by atoms with E-state index in [1.165, 1.54) is 12.3 Å². The number of anilines is 1. The van der Waals surface area contributed by atoms with Gasteiger partial charge in [-0.2, -0.15) is 10.2 Å². The Labute approximate surface area is 186 Å². The lowest BCUT2D eigenvalue weighted by molar-refractivity contribution is 0.00123. The monoisotopic (exact) mass is 480 g/mol. The topological polar surface area (TPSA) is 133 Å². The van der Waals surface area contributed by atoms with Crippen LogP contribution in [0.25, 0.3) is 0 Å². The highest BCUT2D eigenvalue weighted by molar-refractivity contribution is 8.00. The van der Waals surface area contributed by atoms with E-state index in [0.29, 0.717) is 5.56 Å². The maximum atomic E-state index is 15.2. The van der Waals surface area contributed by atoms with Gasteiger partial charge in [0.15, 0.2) is 6.17 Å². The van der Waals surface area contributed by atoms with E-state index < -0.39 is 42.3 Å². The van der Waals surface area contributed by atoms with Crippen molar-refractivity contribution in [3.63, 3.8) is 0 Å². The average molecular weight is 480 g/mol. The molecule has 168 valence electrons. The van der Waals surface area contributed by atoms with E-state index in [2.05, 4.69) is 10.3 Å². The normalized spacial score (nSPS) is 29.1. The quantitative estimate of drug-likeness (QED) is 0.489. The zero-order valence-corrected chi connectivity index (χ0v) is 18.2. The smallest absolute Gasteiger partial charge is 0.306 e. The molecule has 2 fully saturated rings. The first-order chi connectivity index (χ1) is 15.4. The Kier molecular flexibility index (Phi) is 6.74. The van der Waals surface area contributed by atoms with Crippen molar-refractivity contribution in [2.45, 2.75) is 29.3 Å². The van der Waals surface area contributed by atoms with Gasteiger partial charge in [-0.3, -0.25) is 22.9 Å². The van der Waals surface area contributed by atoms with Crippen LogP contribution in [0.4, 0.5) is 10.2 Å². The van der Waals surface area contributed by atoms with Gasteiger partial charge in [0.25, 0.3) is 5.91 Å². The lowest BCUT2D eigenvalue weighted by Crippen LogP contribution is -2.38. The molecule has 3 heterocycles. The number of nitrogens with one attached hydrogen (secondary N) is 1. The Bertz CT molecular complexity index is 1140. The van der Waals surface area contributed by atoms with E-state index in [4.69, 9.17) is 18.8 Å². The standard InChI is InChI=1S/C19H18FN4O6PS/c20-15-16-13(11-29-31(27,30-16)28-10-4-8-21)32-18(15)24-9-7-14(23-19(24)26)22-17(25)12-5-2-1-3-6-12/h1-3,5-7,9,13,15-16,18H,4,10-11H2,(H,22,23,25,26)/t13?,15-,16+,18?,31?/m0/s1. The van der Waals surface area contributed by atoms with E-state index in [1.807, 2.05) is 6.07 Å². The number of amides is 1. The molecule has 2 aliphatic heterocycles. The molecule has 1 amide bonds. The molecule has 10 nitrogen and oxygen atoms in total. The van der Waals surface area contributed by atoms with Crippen LogP contribution in [-0.4, -0.2) is 46.2 Å². The molecule has 1 aromatic heterocycles. The fourth-order valence-electron chi connectivity index (χ4n) is 3.25. The Morgan fingerprint density at radius 1 is 1.41 bits per heavy atom. The number of rotatable bonds is 6. The molecule has 2 saturated heterocycles. The molecule has 0 radical (unpaired) electrons. The van der Waals surface area contributed by atoms with Crippen LogP contribution in [0.15, 0.2) is 47.4 Å². The Morgan fingerprint density at radius 3 is 2.91 bits per heavy atom. The van der Waals surface area contributed by atoms with E-state index in [0.717, 1.165) is 16.3 Å². The summed E-state index contributed by atoms with van der Waals surface area (Å²) in [6, 6.07) is 11.6. The minimum atomic E-state index is -3.99. The number of nitriles is 1. The lowest BCUT2D eigenvalue weighted by atomic mass is 10.1. The number of halogens is 1. The van der Waals surface area contributed by atoms with Crippen molar-refractivity contribution in [3.05, 3.63) is 58.6 Å². The Balaban J connectivity index is 1.45. The van der Waals surface area contributed by atoms with Crippen molar-refractivity contribution in [1.29, 1.82) is 5.26 Å². The molecule has 2 aromatic rings. The van der Waals surface area contributed by atoms with Gasteiger partial charge in [0.05, 0.1) is 31.0 Å². The summed E-state index contributed by atoms with van der Waals surface area (Å²) in [7, 11) is -3.99. The first kappa shape index (κ1) is 22.6. The first-order valence-corrected chi connectivity index (χ1v) is 12.0. The molecule has 4 rings (SSSR count). The highest BCUT2D eigenvalue weighted by atomic mass is 32.2. The number of fused-ring (bicyclic) bond motifs is 1. The Morgan fingerprint density at radius 2 is 2.19 bits per heavy atom.